The molecule has 18 heavy (non-hydrogen) atoms. The van der Waals surface area contributed by atoms with E-state index in [9.17, 15) is 4.79 Å². The highest BCUT2D eigenvalue weighted by atomic mass is 35.5. The van der Waals surface area contributed by atoms with Crippen LogP contribution in [0.15, 0.2) is 18.3 Å². The van der Waals surface area contributed by atoms with Gasteiger partial charge in [-0.25, -0.2) is 0 Å². The number of anilines is 1. The number of hydrogen-bond donors (Lipinski definition) is 1. The first-order valence-corrected chi connectivity index (χ1v) is 6.24. The van der Waals surface area contributed by atoms with Crippen molar-refractivity contribution in [1.82, 2.24) is 9.88 Å². The van der Waals surface area contributed by atoms with Crippen molar-refractivity contribution in [3.05, 3.63) is 24.0 Å². The average Bonchev–Trinajstić information content (AvgIpc) is 2.61. The van der Waals surface area contributed by atoms with Crippen molar-refractivity contribution < 1.29 is 4.79 Å². The van der Waals surface area contributed by atoms with Crippen LogP contribution in [-0.2, 0) is 11.2 Å². The SMILES string of the molecule is Cl.Nc1ccc(CC(=O)N2CCCCCC2)nc1. The van der Waals surface area contributed by atoms with Crippen molar-refractivity contribution in [2.45, 2.75) is 32.1 Å². The first-order valence-electron chi connectivity index (χ1n) is 6.24. The van der Waals surface area contributed by atoms with Gasteiger partial charge in [0, 0.05) is 18.8 Å². The summed E-state index contributed by atoms with van der Waals surface area (Å²) in [6, 6.07) is 3.61. The Morgan fingerprint density at radius 2 is 1.89 bits per heavy atom. The molecule has 1 aliphatic heterocycles. The summed E-state index contributed by atoms with van der Waals surface area (Å²) in [5.41, 5.74) is 7.00. The number of amides is 1. The molecule has 0 bridgehead atoms. The monoisotopic (exact) mass is 269 g/mol. The number of nitrogen functional groups attached to an aromatic ring is 1. The fourth-order valence-electron chi connectivity index (χ4n) is 2.13. The molecule has 1 aromatic heterocycles. The zero-order valence-electron chi connectivity index (χ0n) is 10.5. The molecule has 1 aliphatic rings. The van der Waals surface area contributed by atoms with Crippen LogP contribution in [0, 0.1) is 0 Å². The predicted octanol–water partition coefficient (Wildman–Crippen LogP) is 2.03. The molecule has 0 spiro atoms. The first-order chi connectivity index (χ1) is 8.25. The molecule has 0 aliphatic carbocycles. The zero-order valence-corrected chi connectivity index (χ0v) is 11.3. The smallest absolute Gasteiger partial charge is 0.228 e. The van der Waals surface area contributed by atoms with Gasteiger partial charge in [-0.05, 0) is 25.0 Å². The Balaban J connectivity index is 0.00000162. The van der Waals surface area contributed by atoms with E-state index in [1.165, 1.54) is 12.8 Å². The summed E-state index contributed by atoms with van der Waals surface area (Å²) in [5.74, 6) is 0.184. The van der Waals surface area contributed by atoms with E-state index in [4.69, 9.17) is 5.73 Å². The topological polar surface area (TPSA) is 59.2 Å². The van der Waals surface area contributed by atoms with E-state index in [1.54, 1.807) is 12.3 Å². The highest BCUT2D eigenvalue weighted by Gasteiger charge is 2.15. The number of rotatable bonds is 2. The van der Waals surface area contributed by atoms with Gasteiger partial charge < -0.3 is 10.6 Å². The average molecular weight is 270 g/mol. The van der Waals surface area contributed by atoms with Gasteiger partial charge >= 0.3 is 0 Å². The van der Waals surface area contributed by atoms with Crippen LogP contribution in [0.2, 0.25) is 0 Å². The molecule has 5 heteroatoms. The lowest BCUT2D eigenvalue weighted by Gasteiger charge is -2.19. The summed E-state index contributed by atoms with van der Waals surface area (Å²) >= 11 is 0. The molecule has 1 saturated heterocycles. The van der Waals surface area contributed by atoms with E-state index in [0.717, 1.165) is 31.6 Å². The van der Waals surface area contributed by atoms with Crippen LogP contribution in [0.4, 0.5) is 5.69 Å². The maximum absolute atomic E-state index is 12.1. The number of nitrogens with zero attached hydrogens (tertiary/aromatic N) is 2. The van der Waals surface area contributed by atoms with Gasteiger partial charge in [0.2, 0.25) is 5.91 Å². The number of aromatic nitrogens is 1. The summed E-state index contributed by atoms with van der Waals surface area (Å²) in [4.78, 5) is 18.2. The lowest BCUT2D eigenvalue weighted by molar-refractivity contribution is -0.130. The van der Waals surface area contributed by atoms with Crippen molar-refractivity contribution in [3.63, 3.8) is 0 Å². The predicted molar refractivity (Wildman–Crippen MR) is 74.6 cm³/mol. The van der Waals surface area contributed by atoms with Gasteiger partial charge in [-0.1, -0.05) is 12.8 Å². The second-order valence-corrected chi connectivity index (χ2v) is 4.55. The third-order valence-electron chi connectivity index (χ3n) is 3.14. The van der Waals surface area contributed by atoms with Crippen LogP contribution < -0.4 is 5.73 Å². The quantitative estimate of drug-likeness (QED) is 0.894. The minimum atomic E-state index is 0. The fourth-order valence-corrected chi connectivity index (χ4v) is 2.13. The first kappa shape index (κ1) is 14.8. The van der Waals surface area contributed by atoms with E-state index in [0.29, 0.717) is 12.1 Å². The standard InChI is InChI=1S/C13H19N3O.ClH/c14-11-5-6-12(15-10-11)9-13(17)16-7-3-1-2-4-8-16;/h5-6,10H,1-4,7-9,14H2;1H. The minimum absolute atomic E-state index is 0. The van der Waals surface area contributed by atoms with Crippen LogP contribution in [0.1, 0.15) is 31.4 Å². The fraction of sp³-hybridized carbons (Fsp3) is 0.538. The minimum Gasteiger partial charge on any atom is -0.397 e. The maximum atomic E-state index is 12.1. The molecule has 2 heterocycles. The summed E-state index contributed by atoms with van der Waals surface area (Å²) in [6.45, 7) is 1.79. The van der Waals surface area contributed by atoms with Crippen LogP contribution >= 0.6 is 12.4 Å². The number of likely N-dealkylation sites (tertiary alicyclic amines) is 1. The number of hydrogen-bond acceptors (Lipinski definition) is 3. The van der Waals surface area contributed by atoms with E-state index >= 15 is 0 Å². The Morgan fingerprint density at radius 3 is 2.44 bits per heavy atom. The Morgan fingerprint density at radius 1 is 1.22 bits per heavy atom. The van der Waals surface area contributed by atoms with Gasteiger partial charge in [-0.2, -0.15) is 0 Å². The van der Waals surface area contributed by atoms with Gasteiger partial charge in [0.25, 0.3) is 0 Å². The highest BCUT2D eigenvalue weighted by molar-refractivity contribution is 5.85. The number of pyridine rings is 1. The summed E-state index contributed by atoms with van der Waals surface area (Å²) < 4.78 is 0. The molecular weight excluding hydrogens is 250 g/mol. The molecule has 0 saturated carbocycles. The summed E-state index contributed by atoms with van der Waals surface area (Å²) in [5, 5.41) is 0. The number of carbonyl (C=O) groups is 1. The second kappa shape index (κ2) is 7.21. The molecule has 100 valence electrons. The summed E-state index contributed by atoms with van der Waals surface area (Å²) in [7, 11) is 0. The maximum Gasteiger partial charge on any atom is 0.228 e. The Labute approximate surface area is 114 Å². The van der Waals surface area contributed by atoms with Crippen molar-refractivity contribution in [1.29, 1.82) is 0 Å². The molecule has 0 radical (unpaired) electrons. The van der Waals surface area contributed by atoms with Crippen LogP contribution in [0.3, 0.4) is 0 Å². The van der Waals surface area contributed by atoms with Gasteiger partial charge in [-0.15, -0.1) is 12.4 Å². The molecule has 0 atom stereocenters. The van der Waals surface area contributed by atoms with Crippen molar-refractivity contribution in [2.75, 3.05) is 18.8 Å². The lowest BCUT2D eigenvalue weighted by atomic mass is 10.2. The largest absolute Gasteiger partial charge is 0.397 e. The van der Waals surface area contributed by atoms with E-state index in [1.807, 2.05) is 11.0 Å². The van der Waals surface area contributed by atoms with Gasteiger partial charge in [-0.3, -0.25) is 9.78 Å². The Bertz CT molecular complexity index is 372. The molecule has 0 aromatic carbocycles. The lowest BCUT2D eigenvalue weighted by Crippen LogP contribution is -2.33. The van der Waals surface area contributed by atoms with Crippen molar-refractivity contribution in [3.8, 4) is 0 Å². The van der Waals surface area contributed by atoms with Crippen LogP contribution in [0.25, 0.3) is 0 Å². The van der Waals surface area contributed by atoms with E-state index < -0.39 is 0 Å². The molecular formula is C13H20ClN3O. The third-order valence-corrected chi connectivity index (χ3v) is 3.14. The molecule has 1 fully saturated rings. The van der Waals surface area contributed by atoms with Crippen LogP contribution in [-0.4, -0.2) is 28.9 Å². The van der Waals surface area contributed by atoms with Gasteiger partial charge in [0.15, 0.2) is 0 Å². The molecule has 2 rings (SSSR count). The summed E-state index contributed by atoms with van der Waals surface area (Å²) in [6.07, 6.45) is 6.72. The highest BCUT2D eigenvalue weighted by Crippen LogP contribution is 2.11. The Hall–Kier alpha value is -1.29. The second-order valence-electron chi connectivity index (χ2n) is 4.55. The molecule has 1 amide bonds. The number of carbonyl (C=O) groups excluding carboxylic acids is 1. The van der Waals surface area contributed by atoms with E-state index in [2.05, 4.69) is 4.98 Å². The molecule has 1 aromatic rings. The Kier molecular flexibility index (Phi) is 5.92. The van der Waals surface area contributed by atoms with Crippen molar-refractivity contribution >= 4 is 24.0 Å². The van der Waals surface area contributed by atoms with Crippen LogP contribution in [0.5, 0.6) is 0 Å². The zero-order chi connectivity index (χ0) is 12.1. The number of nitrogens with two attached hydrogens (primary N) is 1. The van der Waals surface area contributed by atoms with Gasteiger partial charge in [0.1, 0.15) is 0 Å². The molecule has 4 nitrogen and oxygen atoms in total. The molecule has 2 N–H and O–H groups in total. The molecule has 0 unspecified atom stereocenters. The van der Waals surface area contributed by atoms with E-state index in [-0.39, 0.29) is 18.3 Å². The normalized spacial score (nSPS) is 15.7. The number of halogens is 1. The van der Waals surface area contributed by atoms with Crippen molar-refractivity contribution in [2.24, 2.45) is 0 Å². The van der Waals surface area contributed by atoms with Gasteiger partial charge in [0.05, 0.1) is 18.3 Å². The third kappa shape index (κ3) is 4.18.